The molecule has 0 saturated carbocycles. The van der Waals surface area contributed by atoms with Crippen molar-refractivity contribution in [3.63, 3.8) is 0 Å². The number of rotatable bonds is 7. The number of carbonyl (C=O) groups excluding carboxylic acids is 1. The molecule has 1 amide bonds. The lowest BCUT2D eigenvalue weighted by Gasteiger charge is -2.11. The van der Waals surface area contributed by atoms with Crippen molar-refractivity contribution in [3.05, 3.63) is 76.4 Å². The number of nitro groups is 1. The average molecular weight is 394 g/mol. The predicted octanol–water partition coefficient (Wildman–Crippen LogP) is 3.45. The molecule has 0 aliphatic carbocycles. The zero-order chi connectivity index (χ0) is 20.8. The Hall–Kier alpha value is -4.08. The summed E-state index contributed by atoms with van der Waals surface area (Å²) in [6.45, 7) is 4.12. The van der Waals surface area contributed by atoms with E-state index in [0.29, 0.717) is 17.2 Å². The SMILES string of the molecule is CC(C)c1ccc(Oc2ncnc(NNC(=O)c3ccncc3)c2[N+](=O)[O-])cc1. The average Bonchev–Trinajstić information content (AvgIpc) is 2.73. The minimum absolute atomic E-state index is 0.207. The van der Waals surface area contributed by atoms with E-state index >= 15 is 0 Å². The zero-order valence-electron chi connectivity index (χ0n) is 15.7. The molecule has 10 nitrogen and oxygen atoms in total. The number of ether oxygens (including phenoxy) is 1. The first kappa shape index (κ1) is 19.7. The van der Waals surface area contributed by atoms with Crippen molar-refractivity contribution in [1.82, 2.24) is 20.4 Å². The molecule has 0 radical (unpaired) electrons. The number of hydrazine groups is 1. The third-order valence-corrected chi connectivity index (χ3v) is 3.97. The van der Waals surface area contributed by atoms with Crippen LogP contribution in [0.25, 0.3) is 0 Å². The fourth-order valence-corrected chi connectivity index (χ4v) is 2.42. The highest BCUT2D eigenvalue weighted by Crippen LogP contribution is 2.34. The third-order valence-electron chi connectivity index (χ3n) is 3.97. The van der Waals surface area contributed by atoms with E-state index in [9.17, 15) is 14.9 Å². The van der Waals surface area contributed by atoms with Crippen LogP contribution in [-0.4, -0.2) is 25.8 Å². The van der Waals surface area contributed by atoms with Gasteiger partial charge in [-0.3, -0.25) is 30.7 Å². The van der Waals surface area contributed by atoms with Gasteiger partial charge in [0.1, 0.15) is 12.1 Å². The number of benzene rings is 1. The molecular weight excluding hydrogens is 376 g/mol. The van der Waals surface area contributed by atoms with Gasteiger partial charge in [-0.2, -0.15) is 4.98 Å². The first-order chi connectivity index (χ1) is 14.0. The second kappa shape index (κ2) is 8.74. The quantitative estimate of drug-likeness (QED) is 0.460. The molecule has 3 rings (SSSR count). The number of hydrogen-bond acceptors (Lipinski definition) is 8. The van der Waals surface area contributed by atoms with Gasteiger partial charge in [-0.05, 0) is 35.7 Å². The minimum atomic E-state index is -0.682. The van der Waals surface area contributed by atoms with E-state index in [2.05, 4.69) is 39.7 Å². The highest BCUT2D eigenvalue weighted by molar-refractivity contribution is 5.94. The van der Waals surface area contributed by atoms with Crippen LogP contribution < -0.4 is 15.6 Å². The molecule has 1 aromatic carbocycles. The molecule has 0 unspecified atom stereocenters. The van der Waals surface area contributed by atoms with Crippen LogP contribution in [0.2, 0.25) is 0 Å². The molecule has 0 atom stereocenters. The monoisotopic (exact) mass is 394 g/mol. The Bertz CT molecular complexity index is 1010. The zero-order valence-corrected chi connectivity index (χ0v) is 15.7. The Balaban J connectivity index is 1.80. The van der Waals surface area contributed by atoms with Crippen LogP contribution in [0.5, 0.6) is 11.6 Å². The van der Waals surface area contributed by atoms with Gasteiger partial charge in [0.2, 0.25) is 5.82 Å². The molecule has 3 aromatic rings. The highest BCUT2D eigenvalue weighted by Gasteiger charge is 2.25. The van der Waals surface area contributed by atoms with Gasteiger partial charge in [0, 0.05) is 18.0 Å². The van der Waals surface area contributed by atoms with Crippen molar-refractivity contribution < 1.29 is 14.5 Å². The number of pyridine rings is 1. The molecule has 148 valence electrons. The fourth-order valence-electron chi connectivity index (χ4n) is 2.42. The summed E-state index contributed by atoms with van der Waals surface area (Å²) < 4.78 is 5.58. The molecule has 0 bridgehead atoms. The van der Waals surface area contributed by atoms with E-state index in [1.54, 1.807) is 12.1 Å². The number of nitrogens with one attached hydrogen (secondary N) is 2. The number of amides is 1. The summed E-state index contributed by atoms with van der Waals surface area (Å²) >= 11 is 0. The normalized spacial score (nSPS) is 10.4. The number of carbonyl (C=O) groups is 1. The second-order valence-electron chi connectivity index (χ2n) is 6.27. The minimum Gasteiger partial charge on any atom is -0.434 e. The summed E-state index contributed by atoms with van der Waals surface area (Å²) in [7, 11) is 0. The molecule has 29 heavy (non-hydrogen) atoms. The van der Waals surface area contributed by atoms with Crippen LogP contribution in [0.1, 0.15) is 35.7 Å². The summed E-state index contributed by atoms with van der Waals surface area (Å²) in [4.78, 5) is 34.5. The van der Waals surface area contributed by atoms with Crippen molar-refractivity contribution in [1.29, 1.82) is 0 Å². The van der Waals surface area contributed by atoms with E-state index < -0.39 is 16.5 Å². The first-order valence-electron chi connectivity index (χ1n) is 8.69. The van der Waals surface area contributed by atoms with Crippen molar-refractivity contribution in [2.24, 2.45) is 0 Å². The molecule has 0 aliphatic heterocycles. The largest absolute Gasteiger partial charge is 0.434 e. The molecule has 10 heteroatoms. The molecule has 0 fully saturated rings. The second-order valence-corrected chi connectivity index (χ2v) is 6.27. The summed E-state index contributed by atoms with van der Waals surface area (Å²) in [5.41, 5.74) is 5.73. The summed E-state index contributed by atoms with van der Waals surface area (Å²) in [6.07, 6.45) is 4.02. The van der Waals surface area contributed by atoms with Crippen LogP contribution in [-0.2, 0) is 0 Å². The maximum Gasteiger partial charge on any atom is 0.374 e. The first-order valence-corrected chi connectivity index (χ1v) is 8.69. The van der Waals surface area contributed by atoms with E-state index in [1.165, 1.54) is 24.5 Å². The number of hydrogen-bond donors (Lipinski definition) is 2. The third kappa shape index (κ3) is 4.80. The van der Waals surface area contributed by atoms with Crippen LogP contribution >= 0.6 is 0 Å². The molecular formula is C19H18N6O4. The predicted molar refractivity (Wildman–Crippen MR) is 105 cm³/mol. The van der Waals surface area contributed by atoms with E-state index in [-0.39, 0.29) is 11.7 Å². The Labute approximate surface area is 166 Å². The van der Waals surface area contributed by atoms with Crippen molar-refractivity contribution in [2.45, 2.75) is 19.8 Å². The van der Waals surface area contributed by atoms with E-state index in [0.717, 1.165) is 11.9 Å². The number of anilines is 1. The lowest BCUT2D eigenvalue weighted by Crippen LogP contribution is -2.30. The van der Waals surface area contributed by atoms with Gasteiger partial charge in [0.05, 0.1) is 4.92 Å². The van der Waals surface area contributed by atoms with Crippen LogP contribution in [0.3, 0.4) is 0 Å². The van der Waals surface area contributed by atoms with E-state index in [4.69, 9.17) is 4.74 Å². The summed E-state index contributed by atoms with van der Waals surface area (Å²) in [5.74, 6) is -0.226. The Kier molecular flexibility index (Phi) is 5.93. The van der Waals surface area contributed by atoms with Gasteiger partial charge in [-0.15, -0.1) is 0 Å². The Morgan fingerprint density at radius 2 is 1.79 bits per heavy atom. The number of aromatic nitrogens is 3. The van der Waals surface area contributed by atoms with Gasteiger partial charge < -0.3 is 4.74 Å². The van der Waals surface area contributed by atoms with Gasteiger partial charge in [-0.25, -0.2) is 4.98 Å². The smallest absolute Gasteiger partial charge is 0.374 e. The molecule has 0 aliphatic rings. The van der Waals surface area contributed by atoms with Crippen molar-refractivity contribution in [3.8, 4) is 11.6 Å². The highest BCUT2D eigenvalue weighted by atomic mass is 16.6. The van der Waals surface area contributed by atoms with Gasteiger partial charge in [0.15, 0.2) is 0 Å². The van der Waals surface area contributed by atoms with Crippen molar-refractivity contribution >= 4 is 17.4 Å². The maximum absolute atomic E-state index is 12.1. The van der Waals surface area contributed by atoms with E-state index in [1.807, 2.05) is 12.1 Å². The molecule has 2 N–H and O–H groups in total. The summed E-state index contributed by atoms with van der Waals surface area (Å²) in [6, 6.07) is 10.2. The van der Waals surface area contributed by atoms with Crippen molar-refractivity contribution in [2.75, 3.05) is 5.43 Å². The Morgan fingerprint density at radius 3 is 2.41 bits per heavy atom. The lowest BCUT2D eigenvalue weighted by molar-refractivity contribution is -0.385. The van der Waals surface area contributed by atoms with Crippen LogP contribution in [0.4, 0.5) is 11.5 Å². The molecule has 0 saturated heterocycles. The molecule has 0 spiro atoms. The molecule has 2 aromatic heterocycles. The van der Waals surface area contributed by atoms with Gasteiger partial charge >= 0.3 is 11.6 Å². The Morgan fingerprint density at radius 1 is 1.10 bits per heavy atom. The maximum atomic E-state index is 12.1. The number of nitrogens with zero attached hydrogens (tertiary/aromatic N) is 4. The van der Waals surface area contributed by atoms with Crippen LogP contribution in [0, 0.1) is 10.1 Å². The van der Waals surface area contributed by atoms with Crippen LogP contribution in [0.15, 0.2) is 55.1 Å². The van der Waals surface area contributed by atoms with Gasteiger partial charge in [-0.1, -0.05) is 26.0 Å². The summed E-state index contributed by atoms with van der Waals surface area (Å²) in [5, 5.41) is 11.6. The fraction of sp³-hybridized carbons (Fsp3) is 0.158. The topological polar surface area (TPSA) is 132 Å². The van der Waals surface area contributed by atoms with Gasteiger partial charge in [0.25, 0.3) is 5.91 Å². The lowest BCUT2D eigenvalue weighted by atomic mass is 10.0. The molecule has 2 heterocycles. The standard InChI is InChI=1S/C19H18N6O4/c1-12(2)13-3-5-15(6-4-13)29-19-16(25(27)28)17(21-11-22-19)23-24-18(26)14-7-9-20-10-8-14/h3-12H,1-2H3,(H,24,26)(H,21,22,23).